The number of carboxylic acid groups (broad SMARTS) is 1. The molecule has 2 saturated carbocycles. The van der Waals surface area contributed by atoms with Crippen LogP contribution < -0.4 is 5.32 Å². The van der Waals surface area contributed by atoms with Crippen molar-refractivity contribution in [3.05, 3.63) is 23.0 Å². The van der Waals surface area contributed by atoms with Crippen LogP contribution in [0, 0.1) is 0 Å². The van der Waals surface area contributed by atoms with Crippen LogP contribution in [-0.4, -0.2) is 32.7 Å². The molecule has 4 rings (SSSR count). The topological polar surface area (TPSA) is 105 Å². The van der Waals surface area contributed by atoms with Crippen molar-refractivity contribution in [2.24, 2.45) is 0 Å². The lowest BCUT2D eigenvalue weighted by Gasteiger charge is -2.25. The van der Waals surface area contributed by atoms with E-state index in [1.807, 2.05) is 13.8 Å². The van der Waals surface area contributed by atoms with E-state index in [-0.39, 0.29) is 11.8 Å². The third-order valence-electron chi connectivity index (χ3n) is 5.50. The van der Waals surface area contributed by atoms with Gasteiger partial charge in [0.2, 0.25) is 0 Å². The fourth-order valence-corrected chi connectivity index (χ4v) is 3.81. The molecule has 0 unspecified atom stereocenters. The Balaban J connectivity index is 1.79. The minimum absolute atomic E-state index is 0.0660. The molecule has 2 aliphatic carbocycles. The molecule has 0 atom stereocenters. The predicted octanol–water partition coefficient (Wildman–Crippen LogP) is 3.35. The quantitative estimate of drug-likeness (QED) is 0.850. The Morgan fingerprint density at radius 2 is 2.00 bits per heavy atom. The Morgan fingerprint density at radius 3 is 2.58 bits per heavy atom. The molecule has 2 aromatic rings. The minimum atomic E-state index is -1.18. The molecule has 7 nitrogen and oxygen atoms in total. The summed E-state index contributed by atoms with van der Waals surface area (Å²) in [6.45, 7) is 3.95. The second-order valence-corrected chi connectivity index (χ2v) is 7.82. The van der Waals surface area contributed by atoms with Crippen molar-refractivity contribution in [2.45, 2.75) is 69.7 Å². The van der Waals surface area contributed by atoms with Gasteiger partial charge in [-0.15, -0.1) is 0 Å². The third-order valence-corrected chi connectivity index (χ3v) is 5.50. The first-order valence-corrected chi connectivity index (χ1v) is 9.27. The van der Waals surface area contributed by atoms with E-state index in [9.17, 15) is 14.7 Å². The standard InChI is InChI=1S/C19H23N3O4/c1-10(2)15-14-12(9-13(11-5-6-11)20-17(14)26-22-15)16(23)21-19(18(24)25)7-3-4-8-19/h9-11H,3-8H2,1-2H3,(H,21,23)(H,24,25). The number of aliphatic carboxylic acids is 1. The fraction of sp³-hybridized carbons (Fsp3) is 0.579. The first-order valence-electron chi connectivity index (χ1n) is 9.27. The summed E-state index contributed by atoms with van der Waals surface area (Å²) in [6, 6.07) is 1.79. The molecule has 0 bridgehead atoms. The van der Waals surface area contributed by atoms with E-state index in [4.69, 9.17) is 4.52 Å². The van der Waals surface area contributed by atoms with Gasteiger partial charge in [-0.3, -0.25) is 4.79 Å². The summed E-state index contributed by atoms with van der Waals surface area (Å²) in [5.74, 6) is -0.936. The number of carbonyl (C=O) groups is 2. The van der Waals surface area contributed by atoms with Crippen molar-refractivity contribution >= 4 is 23.0 Å². The van der Waals surface area contributed by atoms with Crippen molar-refractivity contribution in [1.82, 2.24) is 15.5 Å². The van der Waals surface area contributed by atoms with Gasteiger partial charge >= 0.3 is 5.97 Å². The summed E-state index contributed by atoms with van der Waals surface area (Å²) in [4.78, 5) is 29.5. The fourth-order valence-electron chi connectivity index (χ4n) is 3.81. The molecule has 0 aliphatic heterocycles. The van der Waals surface area contributed by atoms with E-state index in [1.165, 1.54) is 0 Å². The Morgan fingerprint density at radius 1 is 1.31 bits per heavy atom. The van der Waals surface area contributed by atoms with Crippen LogP contribution in [0.3, 0.4) is 0 Å². The highest BCUT2D eigenvalue weighted by molar-refractivity contribution is 6.07. The highest BCUT2D eigenvalue weighted by atomic mass is 16.5. The van der Waals surface area contributed by atoms with Gasteiger partial charge in [0.05, 0.1) is 16.6 Å². The highest BCUT2D eigenvalue weighted by Crippen LogP contribution is 2.41. The van der Waals surface area contributed by atoms with E-state index < -0.39 is 11.5 Å². The normalized spacial score (nSPS) is 19.2. The number of nitrogens with one attached hydrogen (secondary N) is 1. The molecule has 0 saturated heterocycles. The summed E-state index contributed by atoms with van der Waals surface area (Å²) < 4.78 is 5.40. The van der Waals surface area contributed by atoms with Crippen LogP contribution >= 0.6 is 0 Å². The lowest BCUT2D eigenvalue weighted by Crippen LogP contribution is -2.52. The monoisotopic (exact) mass is 357 g/mol. The molecular formula is C19H23N3O4. The van der Waals surface area contributed by atoms with E-state index in [2.05, 4.69) is 15.5 Å². The Labute approximate surface area is 151 Å². The van der Waals surface area contributed by atoms with Crippen LogP contribution in [0.15, 0.2) is 10.6 Å². The van der Waals surface area contributed by atoms with Crippen molar-refractivity contribution < 1.29 is 19.2 Å². The van der Waals surface area contributed by atoms with Crippen LogP contribution in [-0.2, 0) is 4.79 Å². The van der Waals surface area contributed by atoms with Crippen LogP contribution in [0.2, 0.25) is 0 Å². The second kappa shape index (κ2) is 6.07. The molecule has 1 amide bonds. The number of nitrogens with zero attached hydrogens (tertiary/aromatic N) is 2. The van der Waals surface area contributed by atoms with E-state index >= 15 is 0 Å². The van der Waals surface area contributed by atoms with E-state index in [1.54, 1.807) is 6.07 Å². The van der Waals surface area contributed by atoms with Gasteiger partial charge in [0.25, 0.3) is 11.6 Å². The Bertz CT molecular complexity index is 876. The van der Waals surface area contributed by atoms with Gasteiger partial charge in [-0.2, -0.15) is 0 Å². The van der Waals surface area contributed by atoms with Gasteiger partial charge in [0.1, 0.15) is 5.54 Å². The molecule has 7 heteroatoms. The van der Waals surface area contributed by atoms with Gasteiger partial charge in [0.15, 0.2) is 0 Å². The van der Waals surface area contributed by atoms with Crippen LogP contribution in [0.1, 0.15) is 86.0 Å². The summed E-state index contributed by atoms with van der Waals surface area (Å²) in [5, 5.41) is 17.2. The maximum atomic E-state index is 13.1. The van der Waals surface area contributed by atoms with Crippen LogP contribution in [0.4, 0.5) is 0 Å². The number of hydrogen-bond acceptors (Lipinski definition) is 5. The predicted molar refractivity (Wildman–Crippen MR) is 94.2 cm³/mol. The lowest BCUT2D eigenvalue weighted by molar-refractivity contribution is -0.144. The summed E-state index contributed by atoms with van der Waals surface area (Å²) in [6.07, 6.45) is 4.61. The minimum Gasteiger partial charge on any atom is -0.480 e. The number of carboxylic acids is 1. The zero-order chi connectivity index (χ0) is 18.5. The van der Waals surface area contributed by atoms with Crippen LogP contribution in [0.5, 0.6) is 0 Å². The van der Waals surface area contributed by atoms with Crippen LogP contribution in [0.25, 0.3) is 11.1 Å². The average Bonchev–Trinajstić information content (AvgIpc) is 3.18. The van der Waals surface area contributed by atoms with E-state index in [0.717, 1.165) is 31.4 Å². The third kappa shape index (κ3) is 2.75. The molecule has 0 radical (unpaired) electrons. The SMILES string of the molecule is CC(C)c1noc2nc(C3CC3)cc(C(=O)NC3(C(=O)O)CCCC3)c12. The Hall–Kier alpha value is -2.44. The van der Waals surface area contributed by atoms with Crippen molar-refractivity contribution in [3.63, 3.8) is 0 Å². The Kier molecular flexibility index (Phi) is 3.97. The molecular weight excluding hydrogens is 334 g/mol. The molecule has 2 aromatic heterocycles. The van der Waals surface area contributed by atoms with Gasteiger partial charge in [-0.1, -0.05) is 31.8 Å². The number of amides is 1. The zero-order valence-electron chi connectivity index (χ0n) is 15.0. The number of carbonyl (C=O) groups excluding carboxylic acids is 1. The molecule has 0 aromatic carbocycles. The summed E-state index contributed by atoms with van der Waals surface area (Å²) >= 11 is 0. The number of aromatic nitrogens is 2. The first kappa shape index (κ1) is 17.0. The largest absolute Gasteiger partial charge is 0.480 e. The summed E-state index contributed by atoms with van der Waals surface area (Å²) in [7, 11) is 0. The van der Waals surface area contributed by atoms with Gasteiger partial charge in [-0.05, 0) is 37.7 Å². The first-order chi connectivity index (χ1) is 12.4. The van der Waals surface area contributed by atoms with Crippen molar-refractivity contribution in [1.29, 1.82) is 0 Å². The van der Waals surface area contributed by atoms with Crippen molar-refractivity contribution in [2.75, 3.05) is 0 Å². The molecule has 26 heavy (non-hydrogen) atoms. The van der Waals surface area contributed by atoms with Gasteiger partial charge in [0, 0.05) is 11.6 Å². The molecule has 2 N–H and O–H groups in total. The average molecular weight is 357 g/mol. The zero-order valence-corrected chi connectivity index (χ0v) is 15.0. The lowest BCUT2D eigenvalue weighted by atomic mass is 9.96. The molecule has 0 spiro atoms. The summed E-state index contributed by atoms with van der Waals surface area (Å²) in [5.41, 5.74) is 1.11. The van der Waals surface area contributed by atoms with Crippen molar-refractivity contribution in [3.8, 4) is 0 Å². The van der Waals surface area contributed by atoms with Gasteiger partial charge < -0.3 is 14.9 Å². The maximum absolute atomic E-state index is 13.1. The second-order valence-electron chi connectivity index (χ2n) is 7.82. The number of pyridine rings is 1. The number of rotatable bonds is 5. The number of fused-ring (bicyclic) bond motifs is 1. The highest BCUT2D eigenvalue weighted by Gasteiger charge is 2.43. The maximum Gasteiger partial charge on any atom is 0.329 e. The smallest absolute Gasteiger partial charge is 0.329 e. The molecule has 138 valence electrons. The van der Waals surface area contributed by atoms with E-state index in [0.29, 0.717) is 41.1 Å². The molecule has 2 fully saturated rings. The van der Waals surface area contributed by atoms with Gasteiger partial charge in [-0.25, -0.2) is 9.78 Å². The molecule has 2 heterocycles. The number of hydrogen-bond donors (Lipinski definition) is 2. The molecule has 2 aliphatic rings.